The zero-order valence-corrected chi connectivity index (χ0v) is 14.5. The second kappa shape index (κ2) is 6.39. The van der Waals surface area contributed by atoms with Crippen molar-refractivity contribution in [2.24, 2.45) is 5.41 Å². The summed E-state index contributed by atoms with van der Waals surface area (Å²) in [4.78, 5) is 0. The largest absolute Gasteiger partial charge is 0.490 e. The Morgan fingerprint density at radius 3 is 2.57 bits per heavy atom. The van der Waals surface area contributed by atoms with Crippen molar-refractivity contribution < 1.29 is 4.74 Å². The van der Waals surface area contributed by atoms with Crippen LogP contribution < -0.4 is 10.1 Å². The first-order valence-electron chi connectivity index (χ1n) is 8.36. The van der Waals surface area contributed by atoms with Crippen molar-refractivity contribution in [2.45, 2.75) is 72.4 Å². The molecule has 0 radical (unpaired) electrons. The number of hydrogen-bond donors (Lipinski definition) is 1. The molecule has 0 saturated heterocycles. The molecule has 2 nitrogen and oxygen atoms in total. The van der Waals surface area contributed by atoms with Gasteiger partial charge in [-0.2, -0.15) is 0 Å². The predicted octanol–water partition coefficient (Wildman–Crippen LogP) is 4.66. The maximum Gasteiger partial charge on any atom is 0.120 e. The highest BCUT2D eigenvalue weighted by Gasteiger charge is 2.49. The van der Waals surface area contributed by atoms with Crippen LogP contribution in [-0.4, -0.2) is 18.7 Å². The summed E-state index contributed by atoms with van der Waals surface area (Å²) < 4.78 is 6.25. The Kier molecular flexibility index (Phi) is 4.98. The fraction of sp³-hybridized carbons (Fsp3) is 0.684. The lowest BCUT2D eigenvalue weighted by Gasteiger charge is -2.51. The molecule has 0 heterocycles. The topological polar surface area (TPSA) is 21.3 Å². The van der Waals surface area contributed by atoms with E-state index >= 15 is 0 Å². The first-order chi connectivity index (χ1) is 9.86. The third-order valence-electron chi connectivity index (χ3n) is 4.96. The number of rotatable bonds is 6. The highest BCUT2D eigenvalue weighted by atomic mass is 16.5. The van der Waals surface area contributed by atoms with E-state index in [1.807, 2.05) is 0 Å². The average Bonchev–Trinajstić information content (AvgIpc) is 2.41. The van der Waals surface area contributed by atoms with Crippen molar-refractivity contribution in [2.75, 3.05) is 6.54 Å². The lowest BCUT2D eigenvalue weighted by atomic mass is 9.64. The molecule has 2 heteroatoms. The molecule has 0 aliphatic heterocycles. The van der Waals surface area contributed by atoms with Crippen LogP contribution in [0.15, 0.2) is 18.2 Å². The van der Waals surface area contributed by atoms with Crippen LogP contribution in [0.1, 0.15) is 64.5 Å². The molecule has 1 N–H and O–H groups in total. The molecular weight excluding hydrogens is 258 g/mol. The van der Waals surface area contributed by atoms with E-state index in [9.17, 15) is 0 Å². The zero-order chi connectivity index (χ0) is 15.6. The van der Waals surface area contributed by atoms with Crippen LogP contribution in [0.25, 0.3) is 0 Å². The molecule has 0 bridgehead atoms. The number of aryl methyl sites for hydroxylation is 1. The second-order valence-electron chi connectivity index (χ2n) is 7.34. The van der Waals surface area contributed by atoms with Gasteiger partial charge in [-0.1, -0.05) is 40.7 Å². The first kappa shape index (κ1) is 16.4. The molecule has 118 valence electrons. The van der Waals surface area contributed by atoms with Crippen molar-refractivity contribution >= 4 is 0 Å². The van der Waals surface area contributed by atoms with E-state index in [1.165, 1.54) is 17.5 Å². The standard InChI is InChI=1S/C19H31NO/c1-7-10-20-17-12-18(19(17,5)6)21-15-8-9-16(13(2)3)14(4)11-15/h8-9,11,13,17-18,20H,7,10,12H2,1-6H3. The number of benzene rings is 1. The Morgan fingerprint density at radius 1 is 1.33 bits per heavy atom. The molecule has 1 fully saturated rings. The van der Waals surface area contributed by atoms with Crippen molar-refractivity contribution in [3.63, 3.8) is 0 Å². The Hall–Kier alpha value is -1.02. The van der Waals surface area contributed by atoms with Crippen LogP contribution in [0.2, 0.25) is 0 Å². The molecule has 1 aliphatic carbocycles. The zero-order valence-electron chi connectivity index (χ0n) is 14.5. The van der Waals surface area contributed by atoms with Crippen LogP contribution in [0, 0.1) is 12.3 Å². The Labute approximate surface area is 130 Å². The maximum absolute atomic E-state index is 6.25. The molecule has 1 aromatic rings. The quantitative estimate of drug-likeness (QED) is 0.822. The minimum atomic E-state index is 0.208. The highest BCUT2D eigenvalue weighted by molar-refractivity contribution is 5.36. The van der Waals surface area contributed by atoms with E-state index in [0.29, 0.717) is 18.1 Å². The van der Waals surface area contributed by atoms with Crippen molar-refractivity contribution in [1.82, 2.24) is 5.32 Å². The summed E-state index contributed by atoms with van der Waals surface area (Å²) in [6, 6.07) is 7.12. The summed E-state index contributed by atoms with van der Waals surface area (Å²) in [5, 5.41) is 3.63. The van der Waals surface area contributed by atoms with Gasteiger partial charge in [0, 0.05) is 17.9 Å². The molecule has 2 atom stereocenters. The fourth-order valence-corrected chi connectivity index (χ4v) is 3.28. The Balaban J connectivity index is 1.99. The van der Waals surface area contributed by atoms with Crippen LogP contribution in [0.4, 0.5) is 0 Å². The van der Waals surface area contributed by atoms with Crippen molar-refractivity contribution in [1.29, 1.82) is 0 Å². The SMILES string of the molecule is CCCNC1CC(Oc2ccc(C(C)C)c(C)c2)C1(C)C. The lowest BCUT2D eigenvalue weighted by molar-refractivity contribution is -0.0546. The van der Waals surface area contributed by atoms with E-state index in [4.69, 9.17) is 4.74 Å². The third-order valence-corrected chi connectivity index (χ3v) is 4.96. The van der Waals surface area contributed by atoms with Crippen LogP contribution in [-0.2, 0) is 0 Å². The van der Waals surface area contributed by atoms with Gasteiger partial charge in [0.1, 0.15) is 11.9 Å². The van der Waals surface area contributed by atoms with Gasteiger partial charge in [-0.05, 0) is 49.1 Å². The number of nitrogens with one attached hydrogen (secondary N) is 1. The molecule has 1 aliphatic rings. The van der Waals surface area contributed by atoms with E-state index in [-0.39, 0.29) is 5.41 Å². The maximum atomic E-state index is 6.25. The minimum Gasteiger partial charge on any atom is -0.490 e. The van der Waals surface area contributed by atoms with Gasteiger partial charge in [0.25, 0.3) is 0 Å². The predicted molar refractivity (Wildman–Crippen MR) is 90.2 cm³/mol. The normalized spacial score (nSPS) is 24.0. The first-order valence-corrected chi connectivity index (χ1v) is 8.36. The molecule has 0 amide bonds. The summed E-state index contributed by atoms with van der Waals surface area (Å²) in [6.07, 6.45) is 2.61. The molecule has 0 aromatic heterocycles. The fourth-order valence-electron chi connectivity index (χ4n) is 3.28. The van der Waals surface area contributed by atoms with E-state index in [0.717, 1.165) is 18.7 Å². The lowest BCUT2D eigenvalue weighted by Crippen LogP contribution is -2.62. The average molecular weight is 289 g/mol. The van der Waals surface area contributed by atoms with E-state index < -0.39 is 0 Å². The van der Waals surface area contributed by atoms with Gasteiger partial charge in [-0.25, -0.2) is 0 Å². The minimum absolute atomic E-state index is 0.208. The highest BCUT2D eigenvalue weighted by Crippen LogP contribution is 2.43. The summed E-state index contributed by atoms with van der Waals surface area (Å²) in [6.45, 7) is 14.6. The molecule has 21 heavy (non-hydrogen) atoms. The summed E-state index contributed by atoms with van der Waals surface area (Å²) >= 11 is 0. The molecule has 1 aromatic carbocycles. The van der Waals surface area contributed by atoms with Gasteiger partial charge < -0.3 is 10.1 Å². The van der Waals surface area contributed by atoms with Crippen LogP contribution >= 0.6 is 0 Å². The smallest absolute Gasteiger partial charge is 0.120 e. The van der Waals surface area contributed by atoms with E-state index in [1.54, 1.807) is 0 Å². The summed E-state index contributed by atoms with van der Waals surface area (Å²) in [5.74, 6) is 1.59. The monoisotopic (exact) mass is 289 g/mol. The molecule has 1 saturated carbocycles. The van der Waals surface area contributed by atoms with Gasteiger partial charge in [-0.15, -0.1) is 0 Å². The molecule has 2 unspecified atom stereocenters. The van der Waals surface area contributed by atoms with Crippen LogP contribution in [0.3, 0.4) is 0 Å². The molecule has 2 rings (SSSR count). The van der Waals surface area contributed by atoms with Gasteiger partial charge in [0.15, 0.2) is 0 Å². The van der Waals surface area contributed by atoms with Gasteiger partial charge in [0.05, 0.1) is 0 Å². The number of hydrogen-bond acceptors (Lipinski definition) is 2. The Bertz CT molecular complexity index is 478. The molecule has 0 spiro atoms. The Morgan fingerprint density at radius 2 is 2.05 bits per heavy atom. The van der Waals surface area contributed by atoms with Crippen molar-refractivity contribution in [3.05, 3.63) is 29.3 Å². The summed E-state index contributed by atoms with van der Waals surface area (Å²) in [5.41, 5.74) is 2.96. The van der Waals surface area contributed by atoms with Crippen LogP contribution in [0.5, 0.6) is 5.75 Å². The van der Waals surface area contributed by atoms with Gasteiger partial charge in [0.2, 0.25) is 0 Å². The van der Waals surface area contributed by atoms with Crippen molar-refractivity contribution in [3.8, 4) is 5.75 Å². The number of ether oxygens (including phenoxy) is 1. The second-order valence-corrected chi connectivity index (χ2v) is 7.34. The van der Waals surface area contributed by atoms with Gasteiger partial charge >= 0.3 is 0 Å². The van der Waals surface area contributed by atoms with E-state index in [2.05, 4.69) is 65.1 Å². The third kappa shape index (κ3) is 3.42. The molecular formula is C19H31NO. The summed E-state index contributed by atoms with van der Waals surface area (Å²) in [7, 11) is 0. The van der Waals surface area contributed by atoms with Gasteiger partial charge in [-0.3, -0.25) is 0 Å².